The van der Waals surface area contributed by atoms with E-state index in [1.54, 1.807) is 11.8 Å². The Morgan fingerprint density at radius 2 is 1.88 bits per heavy atom. The van der Waals surface area contributed by atoms with Crippen LogP contribution in [0.4, 0.5) is 0 Å². The van der Waals surface area contributed by atoms with E-state index in [2.05, 4.69) is 0 Å². The van der Waals surface area contributed by atoms with Crippen LogP contribution in [0, 0.1) is 12.8 Å². The van der Waals surface area contributed by atoms with Crippen molar-refractivity contribution >= 4 is 11.8 Å². The van der Waals surface area contributed by atoms with Crippen LogP contribution >= 0.6 is 0 Å². The molecule has 3 heterocycles. The maximum absolute atomic E-state index is 12.6. The lowest BCUT2D eigenvalue weighted by Gasteiger charge is -2.36. The maximum Gasteiger partial charge on any atom is 0.289 e. The Kier molecular flexibility index (Phi) is 4.99. The molecule has 0 bridgehead atoms. The maximum atomic E-state index is 12.6. The SMILES string of the molecule is Cc1cc(=O)cc(C(=O)N2CCCC(C(=O)N3CCOCC3)C2)o1. The summed E-state index contributed by atoms with van der Waals surface area (Å²) in [5, 5.41) is 0. The fourth-order valence-corrected chi connectivity index (χ4v) is 3.27. The molecular weight excluding hydrogens is 312 g/mol. The zero-order chi connectivity index (χ0) is 17.1. The minimum atomic E-state index is -0.324. The third-order valence-corrected chi connectivity index (χ3v) is 4.48. The quantitative estimate of drug-likeness (QED) is 0.794. The average Bonchev–Trinajstić information content (AvgIpc) is 2.60. The van der Waals surface area contributed by atoms with E-state index >= 15 is 0 Å². The van der Waals surface area contributed by atoms with Gasteiger partial charge in [0.25, 0.3) is 5.91 Å². The van der Waals surface area contributed by atoms with Gasteiger partial charge in [0.05, 0.1) is 19.1 Å². The number of likely N-dealkylation sites (tertiary alicyclic amines) is 1. The summed E-state index contributed by atoms with van der Waals surface area (Å²) in [7, 11) is 0. The van der Waals surface area contributed by atoms with Gasteiger partial charge in [0.2, 0.25) is 5.91 Å². The molecule has 7 nitrogen and oxygen atoms in total. The normalized spacial score (nSPS) is 21.6. The van der Waals surface area contributed by atoms with Crippen molar-refractivity contribution in [3.63, 3.8) is 0 Å². The summed E-state index contributed by atoms with van der Waals surface area (Å²) in [5.74, 6) is 0.0115. The highest BCUT2D eigenvalue weighted by Gasteiger charge is 2.32. The van der Waals surface area contributed by atoms with E-state index in [1.807, 2.05) is 4.90 Å². The van der Waals surface area contributed by atoms with Gasteiger partial charge in [-0.1, -0.05) is 0 Å². The van der Waals surface area contributed by atoms with Crippen molar-refractivity contribution in [1.29, 1.82) is 0 Å². The number of morpholine rings is 1. The van der Waals surface area contributed by atoms with Crippen molar-refractivity contribution in [1.82, 2.24) is 9.80 Å². The summed E-state index contributed by atoms with van der Waals surface area (Å²) in [6, 6.07) is 2.56. The fourth-order valence-electron chi connectivity index (χ4n) is 3.27. The average molecular weight is 334 g/mol. The third-order valence-electron chi connectivity index (χ3n) is 4.48. The second kappa shape index (κ2) is 7.17. The van der Waals surface area contributed by atoms with Crippen LogP contribution in [-0.4, -0.2) is 61.0 Å². The summed E-state index contributed by atoms with van der Waals surface area (Å²) in [6.07, 6.45) is 1.54. The Morgan fingerprint density at radius 3 is 2.58 bits per heavy atom. The van der Waals surface area contributed by atoms with Crippen LogP contribution in [0.2, 0.25) is 0 Å². The monoisotopic (exact) mass is 334 g/mol. The lowest BCUT2D eigenvalue weighted by molar-refractivity contribution is -0.141. The highest BCUT2D eigenvalue weighted by Crippen LogP contribution is 2.21. The van der Waals surface area contributed by atoms with Crippen molar-refractivity contribution in [3.8, 4) is 0 Å². The van der Waals surface area contributed by atoms with E-state index in [9.17, 15) is 14.4 Å². The number of amides is 2. The van der Waals surface area contributed by atoms with Gasteiger partial charge in [-0.05, 0) is 19.8 Å². The van der Waals surface area contributed by atoms with E-state index in [4.69, 9.17) is 9.15 Å². The van der Waals surface area contributed by atoms with Crippen LogP contribution in [-0.2, 0) is 9.53 Å². The van der Waals surface area contributed by atoms with Gasteiger partial charge in [-0.15, -0.1) is 0 Å². The lowest BCUT2D eigenvalue weighted by atomic mass is 9.96. The second-order valence-electron chi connectivity index (χ2n) is 6.30. The summed E-state index contributed by atoms with van der Waals surface area (Å²) in [6.45, 7) is 4.92. The van der Waals surface area contributed by atoms with Crippen LogP contribution in [0.1, 0.15) is 29.2 Å². The molecule has 24 heavy (non-hydrogen) atoms. The van der Waals surface area contributed by atoms with Gasteiger partial charge in [0, 0.05) is 38.3 Å². The minimum Gasteiger partial charge on any atom is -0.456 e. The van der Waals surface area contributed by atoms with Crippen molar-refractivity contribution in [2.45, 2.75) is 19.8 Å². The summed E-state index contributed by atoms with van der Waals surface area (Å²) < 4.78 is 10.7. The molecule has 2 saturated heterocycles. The first-order valence-electron chi connectivity index (χ1n) is 8.32. The molecule has 0 aliphatic carbocycles. The molecule has 2 amide bonds. The molecule has 1 aromatic rings. The molecule has 1 atom stereocenters. The van der Waals surface area contributed by atoms with Crippen LogP contribution < -0.4 is 5.43 Å². The third kappa shape index (κ3) is 3.67. The van der Waals surface area contributed by atoms with Gasteiger partial charge in [-0.3, -0.25) is 14.4 Å². The van der Waals surface area contributed by atoms with Crippen molar-refractivity contribution in [2.75, 3.05) is 39.4 Å². The van der Waals surface area contributed by atoms with Gasteiger partial charge in [0.15, 0.2) is 11.2 Å². The molecule has 0 radical (unpaired) electrons. The molecule has 2 aliphatic heterocycles. The number of hydrogen-bond acceptors (Lipinski definition) is 5. The summed E-state index contributed by atoms with van der Waals surface area (Å²) >= 11 is 0. The van der Waals surface area contributed by atoms with Crippen molar-refractivity contribution < 1.29 is 18.7 Å². The molecule has 0 saturated carbocycles. The molecule has 7 heteroatoms. The Balaban J connectivity index is 1.69. The van der Waals surface area contributed by atoms with Gasteiger partial charge >= 0.3 is 0 Å². The van der Waals surface area contributed by atoms with E-state index in [0.717, 1.165) is 12.8 Å². The van der Waals surface area contributed by atoms with Gasteiger partial charge in [-0.2, -0.15) is 0 Å². The zero-order valence-corrected chi connectivity index (χ0v) is 13.8. The van der Waals surface area contributed by atoms with E-state index in [1.165, 1.54) is 12.1 Å². The molecule has 0 aromatic carbocycles. The molecule has 1 unspecified atom stereocenters. The largest absolute Gasteiger partial charge is 0.456 e. The summed E-state index contributed by atoms with van der Waals surface area (Å²) in [5.41, 5.74) is -0.250. The number of ether oxygens (including phenoxy) is 1. The summed E-state index contributed by atoms with van der Waals surface area (Å²) in [4.78, 5) is 40.2. The Labute approximate surface area is 140 Å². The Bertz CT molecular complexity index is 678. The molecule has 3 rings (SSSR count). The number of piperidine rings is 1. The highest BCUT2D eigenvalue weighted by atomic mass is 16.5. The van der Waals surface area contributed by atoms with Crippen LogP contribution in [0.25, 0.3) is 0 Å². The minimum absolute atomic E-state index is 0.0412. The second-order valence-corrected chi connectivity index (χ2v) is 6.30. The molecule has 0 N–H and O–H groups in total. The fraction of sp³-hybridized carbons (Fsp3) is 0.588. The van der Waals surface area contributed by atoms with Gasteiger partial charge < -0.3 is 19.0 Å². The smallest absolute Gasteiger partial charge is 0.289 e. The Hall–Kier alpha value is -2.15. The van der Waals surface area contributed by atoms with Gasteiger partial charge in [-0.25, -0.2) is 0 Å². The van der Waals surface area contributed by atoms with Crippen LogP contribution in [0.15, 0.2) is 21.3 Å². The number of nitrogens with zero attached hydrogens (tertiary/aromatic N) is 2. The first kappa shape index (κ1) is 16.7. The van der Waals surface area contributed by atoms with E-state index in [0.29, 0.717) is 45.2 Å². The lowest BCUT2D eigenvalue weighted by Crippen LogP contribution is -2.49. The van der Waals surface area contributed by atoms with Gasteiger partial charge in [0.1, 0.15) is 5.76 Å². The van der Waals surface area contributed by atoms with Crippen molar-refractivity contribution in [3.05, 3.63) is 33.9 Å². The standard InChI is InChI=1S/C17H22N2O5/c1-12-9-14(20)10-15(24-12)17(22)19-4-2-3-13(11-19)16(21)18-5-7-23-8-6-18/h9-10,13H,2-8,11H2,1H3. The molecule has 2 aliphatic rings. The predicted molar refractivity (Wildman–Crippen MR) is 85.7 cm³/mol. The van der Waals surface area contributed by atoms with Crippen LogP contribution in [0.5, 0.6) is 0 Å². The number of carbonyl (C=O) groups excluding carboxylic acids is 2. The van der Waals surface area contributed by atoms with E-state index < -0.39 is 0 Å². The first-order chi connectivity index (χ1) is 11.5. The highest BCUT2D eigenvalue weighted by molar-refractivity contribution is 5.92. The molecule has 1 aromatic heterocycles. The first-order valence-corrected chi connectivity index (χ1v) is 8.32. The topological polar surface area (TPSA) is 80.1 Å². The van der Waals surface area contributed by atoms with Crippen molar-refractivity contribution in [2.24, 2.45) is 5.92 Å². The van der Waals surface area contributed by atoms with E-state index in [-0.39, 0.29) is 28.9 Å². The molecule has 0 spiro atoms. The number of aryl methyl sites for hydroxylation is 1. The Morgan fingerprint density at radius 1 is 1.12 bits per heavy atom. The van der Waals surface area contributed by atoms with Crippen LogP contribution in [0.3, 0.4) is 0 Å². The molecule has 2 fully saturated rings. The predicted octanol–water partition coefficient (Wildman–Crippen LogP) is 0.659. The number of hydrogen-bond donors (Lipinski definition) is 0. The molecular formula is C17H22N2O5. The molecule has 130 valence electrons. The number of carbonyl (C=O) groups is 2. The zero-order valence-electron chi connectivity index (χ0n) is 13.8. The number of rotatable bonds is 2.